The number of rotatable bonds is 1. The Labute approximate surface area is 67.5 Å². The van der Waals surface area contributed by atoms with Crippen molar-refractivity contribution < 1.29 is 4.79 Å². The van der Waals surface area contributed by atoms with Crippen LogP contribution >= 0.6 is 0 Å². The molecule has 3 nitrogen and oxygen atoms in total. The van der Waals surface area contributed by atoms with Gasteiger partial charge in [0.05, 0.1) is 0 Å². The van der Waals surface area contributed by atoms with Gasteiger partial charge in [-0.25, -0.2) is 0 Å². The zero-order chi connectivity index (χ0) is 8.10. The lowest BCUT2D eigenvalue weighted by Crippen LogP contribution is -2.27. The summed E-state index contributed by atoms with van der Waals surface area (Å²) in [5.74, 6) is 0.448. The molecule has 0 aliphatic carbocycles. The molecule has 1 unspecified atom stereocenters. The van der Waals surface area contributed by atoms with Crippen LogP contribution in [-0.2, 0) is 4.79 Å². The van der Waals surface area contributed by atoms with Crippen LogP contribution in [0.1, 0.15) is 19.3 Å². The molecule has 0 radical (unpaired) electrons. The fourth-order valence-electron chi connectivity index (χ4n) is 1.49. The van der Waals surface area contributed by atoms with Crippen LogP contribution in [-0.4, -0.2) is 26.0 Å². The van der Waals surface area contributed by atoms with Crippen LogP contribution in [0.25, 0.3) is 0 Å². The Hall–Kier alpha value is -0.570. The van der Waals surface area contributed by atoms with E-state index in [4.69, 9.17) is 0 Å². The summed E-state index contributed by atoms with van der Waals surface area (Å²) in [6.07, 6.45) is 3.14. The molecule has 0 aromatic carbocycles. The van der Waals surface area contributed by atoms with E-state index in [-0.39, 0.29) is 11.8 Å². The molecule has 1 amide bonds. The van der Waals surface area contributed by atoms with Gasteiger partial charge in [0, 0.05) is 13.0 Å². The first-order valence-electron chi connectivity index (χ1n) is 4.27. The van der Waals surface area contributed by atoms with Crippen molar-refractivity contribution in [2.24, 2.45) is 5.92 Å². The van der Waals surface area contributed by atoms with Gasteiger partial charge in [0.15, 0.2) is 0 Å². The minimum absolute atomic E-state index is 0.203. The van der Waals surface area contributed by atoms with Gasteiger partial charge in [0.1, 0.15) is 0 Å². The molecular formula is C8H16N2O. The molecule has 1 atom stereocenters. The summed E-state index contributed by atoms with van der Waals surface area (Å²) >= 11 is 0. The Morgan fingerprint density at radius 1 is 1.45 bits per heavy atom. The van der Waals surface area contributed by atoms with Gasteiger partial charge in [-0.15, -0.1) is 0 Å². The van der Waals surface area contributed by atoms with Gasteiger partial charge in [0.25, 0.3) is 0 Å². The number of carbonyl (C=O) groups is 1. The molecule has 0 spiro atoms. The van der Waals surface area contributed by atoms with Crippen molar-refractivity contribution in [2.75, 3.05) is 20.1 Å². The Morgan fingerprint density at radius 2 is 2.27 bits per heavy atom. The van der Waals surface area contributed by atoms with Gasteiger partial charge in [-0.3, -0.25) is 4.79 Å². The number of carbonyl (C=O) groups excluding carboxylic acids is 1. The van der Waals surface area contributed by atoms with Gasteiger partial charge in [-0.1, -0.05) is 0 Å². The highest BCUT2D eigenvalue weighted by Crippen LogP contribution is 2.12. The number of hydrogen-bond donors (Lipinski definition) is 2. The topological polar surface area (TPSA) is 41.1 Å². The van der Waals surface area contributed by atoms with Crippen molar-refractivity contribution >= 4 is 5.91 Å². The van der Waals surface area contributed by atoms with Crippen LogP contribution in [0.4, 0.5) is 0 Å². The maximum absolute atomic E-state index is 11.2. The van der Waals surface area contributed by atoms with Gasteiger partial charge < -0.3 is 10.6 Å². The molecule has 1 heterocycles. The average Bonchev–Trinajstić information content (AvgIpc) is 2.30. The second-order valence-electron chi connectivity index (χ2n) is 2.99. The molecule has 3 heteroatoms. The molecule has 1 saturated heterocycles. The molecule has 11 heavy (non-hydrogen) atoms. The SMILES string of the molecule is CNC(=O)C1CCCNCC1. The third-order valence-electron chi connectivity index (χ3n) is 2.19. The lowest BCUT2D eigenvalue weighted by molar-refractivity contribution is -0.124. The van der Waals surface area contributed by atoms with Gasteiger partial charge in [0.2, 0.25) is 5.91 Å². The van der Waals surface area contributed by atoms with Gasteiger partial charge in [-0.2, -0.15) is 0 Å². The average molecular weight is 156 g/mol. The van der Waals surface area contributed by atoms with Crippen LogP contribution < -0.4 is 10.6 Å². The monoisotopic (exact) mass is 156 g/mol. The normalized spacial score (nSPS) is 25.7. The van der Waals surface area contributed by atoms with E-state index < -0.39 is 0 Å². The summed E-state index contributed by atoms with van der Waals surface area (Å²) in [6, 6.07) is 0. The van der Waals surface area contributed by atoms with Crippen molar-refractivity contribution in [3.05, 3.63) is 0 Å². The van der Waals surface area contributed by atoms with E-state index in [9.17, 15) is 4.79 Å². The summed E-state index contributed by atoms with van der Waals surface area (Å²) in [6.45, 7) is 2.05. The number of amides is 1. The smallest absolute Gasteiger partial charge is 0.222 e. The Balaban J connectivity index is 2.36. The predicted octanol–water partition coefficient (Wildman–Crippen LogP) is 0.122. The van der Waals surface area contributed by atoms with Crippen molar-refractivity contribution in [3.8, 4) is 0 Å². The van der Waals surface area contributed by atoms with Gasteiger partial charge in [-0.05, 0) is 32.4 Å². The van der Waals surface area contributed by atoms with Crippen LogP contribution in [0, 0.1) is 5.92 Å². The fraction of sp³-hybridized carbons (Fsp3) is 0.875. The molecule has 0 aromatic rings. The van der Waals surface area contributed by atoms with E-state index in [1.165, 1.54) is 0 Å². The van der Waals surface area contributed by atoms with Crippen LogP contribution in [0.15, 0.2) is 0 Å². The molecular weight excluding hydrogens is 140 g/mol. The van der Waals surface area contributed by atoms with E-state index in [2.05, 4.69) is 10.6 Å². The van der Waals surface area contributed by atoms with Crippen molar-refractivity contribution in [1.82, 2.24) is 10.6 Å². The van der Waals surface area contributed by atoms with E-state index in [0.29, 0.717) is 0 Å². The third kappa shape index (κ3) is 2.50. The quantitative estimate of drug-likeness (QED) is 0.566. The zero-order valence-corrected chi connectivity index (χ0v) is 7.02. The maximum Gasteiger partial charge on any atom is 0.222 e. The number of hydrogen-bond acceptors (Lipinski definition) is 2. The summed E-state index contributed by atoms with van der Waals surface area (Å²) in [7, 11) is 1.71. The van der Waals surface area contributed by atoms with E-state index >= 15 is 0 Å². The van der Waals surface area contributed by atoms with Crippen LogP contribution in [0.5, 0.6) is 0 Å². The predicted molar refractivity (Wildman–Crippen MR) is 44.3 cm³/mol. The molecule has 1 aliphatic heterocycles. The second kappa shape index (κ2) is 4.34. The zero-order valence-electron chi connectivity index (χ0n) is 7.02. The van der Waals surface area contributed by atoms with E-state index in [1.807, 2.05) is 0 Å². The van der Waals surface area contributed by atoms with Crippen molar-refractivity contribution in [3.63, 3.8) is 0 Å². The first-order valence-corrected chi connectivity index (χ1v) is 4.27. The molecule has 1 aliphatic rings. The standard InChI is InChI=1S/C8H16N2O/c1-9-8(11)7-3-2-5-10-6-4-7/h7,10H,2-6H2,1H3,(H,9,11). The van der Waals surface area contributed by atoms with E-state index in [1.54, 1.807) is 7.05 Å². The third-order valence-corrected chi connectivity index (χ3v) is 2.19. The first-order chi connectivity index (χ1) is 5.34. The number of nitrogens with one attached hydrogen (secondary N) is 2. The minimum Gasteiger partial charge on any atom is -0.359 e. The maximum atomic E-state index is 11.2. The fourth-order valence-corrected chi connectivity index (χ4v) is 1.49. The molecule has 2 N–H and O–H groups in total. The largest absolute Gasteiger partial charge is 0.359 e. The molecule has 0 bridgehead atoms. The van der Waals surface area contributed by atoms with E-state index in [0.717, 1.165) is 32.4 Å². The highest BCUT2D eigenvalue weighted by Gasteiger charge is 2.17. The Kier molecular flexibility index (Phi) is 3.36. The summed E-state index contributed by atoms with van der Waals surface area (Å²) < 4.78 is 0. The molecule has 64 valence electrons. The highest BCUT2D eigenvalue weighted by molar-refractivity contribution is 5.78. The van der Waals surface area contributed by atoms with Gasteiger partial charge >= 0.3 is 0 Å². The van der Waals surface area contributed by atoms with Crippen molar-refractivity contribution in [2.45, 2.75) is 19.3 Å². The molecule has 1 fully saturated rings. The molecule has 0 aromatic heterocycles. The lowest BCUT2D eigenvalue weighted by Gasteiger charge is -2.10. The second-order valence-corrected chi connectivity index (χ2v) is 2.99. The summed E-state index contributed by atoms with van der Waals surface area (Å²) in [4.78, 5) is 11.2. The minimum atomic E-state index is 0.203. The highest BCUT2D eigenvalue weighted by atomic mass is 16.1. The van der Waals surface area contributed by atoms with Crippen LogP contribution in [0.2, 0.25) is 0 Å². The first kappa shape index (κ1) is 8.53. The summed E-state index contributed by atoms with van der Waals surface area (Å²) in [5, 5.41) is 5.97. The Morgan fingerprint density at radius 3 is 3.00 bits per heavy atom. The Bertz CT molecular complexity index is 128. The molecule has 0 saturated carbocycles. The summed E-state index contributed by atoms with van der Waals surface area (Å²) in [5.41, 5.74) is 0. The lowest BCUT2D eigenvalue weighted by atomic mass is 10.0. The molecule has 1 rings (SSSR count). The van der Waals surface area contributed by atoms with Crippen molar-refractivity contribution in [1.29, 1.82) is 0 Å². The van der Waals surface area contributed by atoms with Crippen LogP contribution in [0.3, 0.4) is 0 Å².